The van der Waals surface area contributed by atoms with E-state index in [-0.39, 0.29) is 24.7 Å². The van der Waals surface area contributed by atoms with Crippen LogP contribution in [0.4, 0.5) is 4.39 Å². The SMILES string of the molecule is CCCOC(=O)C1C(C)=NC2=C(C(=O)CC(c3ccc(OC)cc3)C2)C1c1ccccc1F. The molecule has 0 radical (unpaired) electrons. The van der Waals surface area contributed by atoms with Crippen molar-refractivity contribution < 1.29 is 23.5 Å². The number of esters is 1. The van der Waals surface area contributed by atoms with Gasteiger partial charge in [-0.15, -0.1) is 0 Å². The van der Waals surface area contributed by atoms with Crippen LogP contribution in [0.3, 0.4) is 0 Å². The summed E-state index contributed by atoms with van der Waals surface area (Å²) in [5.41, 5.74) is 2.97. The Kier molecular flexibility index (Phi) is 6.72. The van der Waals surface area contributed by atoms with Crippen LogP contribution in [-0.2, 0) is 14.3 Å². The summed E-state index contributed by atoms with van der Waals surface area (Å²) in [5, 5.41) is 0. The molecule has 1 aliphatic carbocycles. The minimum Gasteiger partial charge on any atom is -0.497 e. The number of rotatable bonds is 6. The third kappa shape index (κ3) is 4.47. The highest BCUT2D eigenvalue weighted by Crippen LogP contribution is 2.47. The molecule has 0 amide bonds. The highest BCUT2D eigenvalue weighted by atomic mass is 19.1. The summed E-state index contributed by atoms with van der Waals surface area (Å²) >= 11 is 0. The van der Waals surface area contributed by atoms with E-state index in [9.17, 15) is 14.0 Å². The first kappa shape index (κ1) is 22.9. The molecule has 172 valence electrons. The number of methoxy groups -OCH3 is 1. The average molecular weight is 450 g/mol. The number of hydrogen-bond donors (Lipinski definition) is 0. The van der Waals surface area contributed by atoms with E-state index >= 15 is 0 Å². The zero-order valence-corrected chi connectivity index (χ0v) is 19.1. The molecule has 2 aliphatic rings. The van der Waals surface area contributed by atoms with E-state index in [1.807, 2.05) is 31.2 Å². The molecule has 3 atom stereocenters. The number of hydrogen-bond acceptors (Lipinski definition) is 5. The van der Waals surface area contributed by atoms with Gasteiger partial charge >= 0.3 is 5.97 Å². The summed E-state index contributed by atoms with van der Waals surface area (Å²) in [4.78, 5) is 31.2. The molecule has 0 aromatic heterocycles. The molecule has 2 aromatic carbocycles. The molecule has 0 N–H and O–H groups in total. The fourth-order valence-corrected chi connectivity index (χ4v) is 4.83. The summed E-state index contributed by atoms with van der Waals surface area (Å²) < 4.78 is 25.6. The molecule has 0 fully saturated rings. The van der Waals surface area contributed by atoms with Gasteiger partial charge in [-0.1, -0.05) is 37.3 Å². The van der Waals surface area contributed by atoms with E-state index in [1.54, 1.807) is 32.2 Å². The highest BCUT2D eigenvalue weighted by molar-refractivity contribution is 6.09. The molecule has 1 heterocycles. The minimum atomic E-state index is -0.825. The normalized spacial score (nSPS) is 22.5. The number of benzene rings is 2. The fraction of sp³-hybridized carbons (Fsp3) is 0.370. The Balaban J connectivity index is 1.76. The third-order valence-corrected chi connectivity index (χ3v) is 6.42. The lowest BCUT2D eigenvalue weighted by Gasteiger charge is -2.36. The van der Waals surface area contributed by atoms with Crippen molar-refractivity contribution in [2.75, 3.05) is 13.7 Å². The fourth-order valence-electron chi connectivity index (χ4n) is 4.83. The monoisotopic (exact) mass is 449 g/mol. The topological polar surface area (TPSA) is 65.0 Å². The lowest BCUT2D eigenvalue weighted by atomic mass is 9.69. The molecule has 6 heteroatoms. The predicted molar refractivity (Wildman–Crippen MR) is 124 cm³/mol. The Morgan fingerprint density at radius 2 is 1.85 bits per heavy atom. The van der Waals surface area contributed by atoms with Gasteiger partial charge in [0, 0.05) is 29.3 Å². The van der Waals surface area contributed by atoms with E-state index in [0.717, 1.165) is 11.3 Å². The maximum absolute atomic E-state index is 15.0. The lowest BCUT2D eigenvalue weighted by Crippen LogP contribution is -2.38. The second kappa shape index (κ2) is 9.69. The Hall–Kier alpha value is -3.28. The highest BCUT2D eigenvalue weighted by Gasteiger charge is 2.45. The maximum atomic E-state index is 15.0. The van der Waals surface area contributed by atoms with Gasteiger partial charge in [-0.05, 0) is 55.0 Å². The zero-order valence-electron chi connectivity index (χ0n) is 19.1. The number of allylic oxidation sites excluding steroid dienone is 2. The first-order chi connectivity index (χ1) is 15.9. The molecule has 1 aliphatic heterocycles. The molecule has 4 rings (SSSR count). The zero-order chi connectivity index (χ0) is 23.5. The second-order valence-electron chi connectivity index (χ2n) is 8.56. The van der Waals surface area contributed by atoms with Gasteiger partial charge in [-0.2, -0.15) is 0 Å². The second-order valence-corrected chi connectivity index (χ2v) is 8.56. The van der Waals surface area contributed by atoms with Crippen molar-refractivity contribution in [1.29, 1.82) is 0 Å². The first-order valence-electron chi connectivity index (χ1n) is 11.3. The molecular formula is C27H28FNO4. The van der Waals surface area contributed by atoms with Crippen LogP contribution in [0.1, 0.15) is 56.1 Å². The van der Waals surface area contributed by atoms with Gasteiger partial charge < -0.3 is 9.47 Å². The number of ketones is 1. The van der Waals surface area contributed by atoms with Crippen LogP contribution in [0.5, 0.6) is 5.75 Å². The van der Waals surface area contributed by atoms with E-state index in [4.69, 9.17) is 14.5 Å². The molecule has 0 saturated heterocycles. The number of ether oxygens (including phenoxy) is 2. The van der Waals surface area contributed by atoms with Crippen molar-refractivity contribution in [2.24, 2.45) is 10.9 Å². The smallest absolute Gasteiger partial charge is 0.315 e. The van der Waals surface area contributed by atoms with Crippen molar-refractivity contribution >= 4 is 17.5 Å². The molecule has 0 spiro atoms. The first-order valence-corrected chi connectivity index (χ1v) is 11.3. The van der Waals surface area contributed by atoms with E-state index in [0.29, 0.717) is 35.4 Å². The van der Waals surface area contributed by atoms with Crippen LogP contribution in [0.25, 0.3) is 0 Å². The lowest BCUT2D eigenvalue weighted by molar-refractivity contribution is -0.146. The van der Waals surface area contributed by atoms with Crippen molar-refractivity contribution in [3.8, 4) is 5.75 Å². The number of nitrogens with zero attached hydrogens (tertiary/aromatic N) is 1. The number of halogens is 1. The Bertz CT molecular complexity index is 1120. The van der Waals surface area contributed by atoms with Crippen molar-refractivity contribution in [3.05, 3.63) is 76.7 Å². The molecule has 3 unspecified atom stereocenters. The van der Waals surface area contributed by atoms with Crippen molar-refractivity contribution in [2.45, 2.75) is 44.9 Å². The van der Waals surface area contributed by atoms with Crippen LogP contribution >= 0.6 is 0 Å². The average Bonchev–Trinajstić information content (AvgIpc) is 2.82. The largest absolute Gasteiger partial charge is 0.497 e. The number of Topliss-reactive ketones (excluding diaryl/α,β-unsaturated/α-hetero) is 1. The van der Waals surface area contributed by atoms with Gasteiger partial charge in [-0.25, -0.2) is 4.39 Å². The van der Waals surface area contributed by atoms with Gasteiger partial charge in [-0.3, -0.25) is 14.6 Å². The molecule has 0 bridgehead atoms. The van der Waals surface area contributed by atoms with Gasteiger partial charge in [0.25, 0.3) is 0 Å². The Morgan fingerprint density at radius 3 is 2.52 bits per heavy atom. The Labute approximate surface area is 193 Å². The quantitative estimate of drug-likeness (QED) is 0.557. The van der Waals surface area contributed by atoms with Crippen LogP contribution in [-0.4, -0.2) is 31.2 Å². The number of carbonyl (C=O) groups is 2. The predicted octanol–water partition coefficient (Wildman–Crippen LogP) is 5.36. The summed E-state index contributed by atoms with van der Waals surface area (Å²) in [7, 11) is 1.61. The van der Waals surface area contributed by atoms with E-state index in [2.05, 4.69) is 0 Å². The van der Waals surface area contributed by atoms with Gasteiger partial charge in [0.05, 0.1) is 13.7 Å². The van der Waals surface area contributed by atoms with Crippen LogP contribution in [0.15, 0.2) is 64.8 Å². The van der Waals surface area contributed by atoms with Gasteiger partial charge in [0.2, 0.25) is 0 Å². The molecule has 0 saturated carbocycles. The minimum absolute atomic E-state index is 0.0384. The summed E-state index contributed by atoms with van der Waals surface area (Å²) in [6.45, 7) is 3.94. The van der Waals surface area contributed by atoms with Crippen molar-refractivity contribution in [3.63, 3.8) is 0 Å². The van der Waals surface area contributed by atoms with Gasteiger partial charge in [0.1, 0.15) is 17.5 Å². The summed E-state index contributed by atoms with van der Waals surface area (Å²) in [6, 6.07) is 14.0. The van der Waals surface area contributed by atoms with Gasteiger partial charge in [0.15, 0.2) is 5.78 Å². The van der Waals surface area contributed by atoms with Crippen LogP contribution < -0.4 is 4.74 Å². The van der Waals surface area contributed by atoms with Crippen LogP contribution in [0.2, 0.25) is 0 Å². The standard InChI is InChI=1S/C27H28FNO4/c1-4-13-33-27(31)24-16(2)29-22-14-18(17-9-11-19(32-3)12-10-17)15-23(30)26(22)25(24)20-7-5-6-8-21(20)28/h5-12,18,24-25H,4,13-15H2,1-3H3. The van der Waals surface area contributed by atoms with E-state index in [1.165, 1.54) is 6.07 Å². The molecule has 33 heavy (non-hydrogen) atoms. The molecule has 2 aromatic rings. The third-order valence-electron chi connectivity index (χ3n) is 6.42. The molecule has 5 nitrogen and oxygen atoms in total. The number of aliphatic imine (C=N–C) groups is 1. The number of carbonyl (C=O) groups excluding carboxylic acids is 2. The van der Waals surface area contributed by atoms with Crippen molar-refractivity contribution in [1.82, 2.24) is 0 Å². The Morgan fingerprint density at radius 1 is 1.12 bits per heavy atom. The molecular weight excluding hydrogens is 421 g/mol. The summed E-state index contributed by atoms with van der Waals surface area (Å²) in [5.74, 6) is -1.87. The summed E-state index contributed by atoms with van der Waals surface area (Å²) in [6.07, 6.45) is 1.50. The maximum Gasteiger partial charge on any atom is 0.315 e. The van der Waals surface area contributed by atoms with E-state index < -0.39 is 23.6 Å². The van der Waals surface area contributed by atoms with Crippen LogP contribution in [0, 0.1) is 11.7 Å².